The molecule has 2 aromatic rings. The largest absolute Gasteiger partial charge is 0.326 e. The Bertz CT molecular complexity index is 896. The van der Waals surface area contributed by atoms with Gasteiger partial charge in [-0.05, 0) is 48.9 Å². The van der Waals surface area contributed by atoms with Gasteiger partial charge in [-0.2, -0.15) is 0 Å². The van der Waals surface area contributed by atoms with Gasteiger partial charge < -0.3 is 15.5 Å². The van der Waals surface area contributed by atoms with Gasteiger partial charge in [0.2, 0.25) is 17.7 Å². The molecule has 1 fully saturated rings. The minimum atomic E-state index is -0.437. The van der Waals surface area contributed by atoms with Gasteiger partial charge in [0, 0.05) is 42.0 Å². The van der Waals surface area contributed by atoms with Crippen LogP contribution in [0, 0.1) is 12.8 Å². The summed E-state index contributed by atoms with van der Waals surface area (Å²) in [6.45, 7) is 3.64. The molecule has 2 aromatic carbocycles. The van der Waals surface area contributed by atoms with Crippen molar-refractivity contribution in [2.24, 2.45) is 5.92 Å². The van der Waals surface area contributed by atoms with Crippen LogP contribution in [0.3, 0.4) is 0 Å². The fourth-order valence-corrected chi connectivity index (χ4v) is 3.14. The highest BCUT2D eigenvalue weighted by molar-refractivity contribution is 6.31. The number of carbonyl (C=O) groups is 3. The van der Waals surface area contributed by atoms with E-state index in [-0.39, 0.29) is 24.1 Å². The number of benzene rings is 2. The molecule has 2 N–H and O–H groups in total. The summed E-state index contributed by atoms with van der Waals surface area (Å²) in [7, 11) is 0. The SMILES string of the molecule is CC(=O)Nc1ccc(NC(=O)[C@H]2CC(=O)N(c3ccc(C)c(Cl)c3)C2)cc1. The highest BCUT2D eigenvalue weighted by Crippen LogP contribution is 2.29. The predicted molar refractivity (Wildman–Crippen MR) is 106 cm³/mol. The van der Waals surface area contributed by atoms with Crippen LogP contribution in [0.1, 0.15) is 18.9 Å². The Morgan fingerprint density at radius 3 is 2.30 bits per heavy atom. The van der Waals surface area contributed by atoms with Crippen LogP contribution < -0.4 is 15.5 Å². The second-order valence-electron chi connectivity index (χ2n) is 6.59. The Hall–Kier alpha value is -2.86. The summed E-state index contributed by atoms with van der Waals surface area (Å²) in [4.78, 5) is 37.5. The third-order valence-corrected chi connectivity index (χ3v) is 4.84. The van der Waals surface area contributed by atoms with Crippen LogP contribution in [0.2, 0.25) is 5.02 Å². The van der Waals surface area contributed by atoms with E-state index in [0.29, 0.717) is 28.6 Å². The number of rotatable bonds is 4. The Labute approximate surface area is 162 Å². The van der Waals surface area contributed by atoms with Gasteiger partial charge in [0.15, 0.2) is 0 Å². The molecule has 1 atom stereocenters. The number of hydrogen-bond acceptors (Lipinski definition) is 3. The second kappa shape index (κ2) is 7.80. The van der Waals surface area contributed by atoms with Crippen LogP contribution in [0.15, 0.2) is 42.5 Å². The van der Waals surface area contributed by atoms with E-state index in [0.717, 1.165) is 5.56 Å². The van der Waals surface area contributed by atoms with Gasteiger partial charge in [0.1, 0.15) is 0 Å². The van der Waals surface area contributed by atoms with Crippen molar-refractivity contribution in [3.8, 4) is 0 Å². The molecule has 3 amide bonds. The Morgan fingerprint density at radius 2 is 1.70 bits per heavy atom. The van der Waals surface area contributed by atoms with Crippen LogP contribution in [-0.2, 0) is 14.4 Å². The van der Waals surface area contributed by atoms with Gasteiger partial charge in [-0.1, -0.05) is 17.7 Å². The fourth-order valence-electron chi connectivity index (χ4n) is 2.97. The number of anilines is 3. The molecular formula is C20H20ClN3O3. The van der Waals surface area contributed by atoms with Gasteiger partial charge in [0.25, 0.3) is 0 Å². The predicted octanol–water partition coefficient (Wildman–Crippen LogP) is 3.60. The first-order valence-electron chi connectivity index (χ1n) is 8.58. The maximum absolute atomic E-state index is 12.5. The van der Waals surface area contributed by atoms with Gasteiger partial charge in [-0.15, -0.1) is 0 Å². The summed E-state index contributed by atoms with van der Waals surface area (Å²) >= 11 is 6.15. The van der Waals surface area contributed by atoms with Crippen LogP contribution >= 0.6 is 11.6 Å². The van der Waals surface area contributed by atoms with Crippen LogP contribution in [0.25, 0.3) is 0 Å². The number of nitrogens with zero attached hydrogens (tertiary/aromatic N) is 1. The molecule has 0 saturated carbocycles. The molecule has 0 spiro atoms. The van der Waals surface area contributed by atoms with Crippen molar-refractivity contribution in [2.45, 2.75) is 20.3 Å². The molecule has 1 aliphatic heterocycles. The van der Waals surface area contributed by atoms with E-state index in [1.807, 2.05) is 19.1 Å². The zero-order valence-electron chi connectivity index (χ0n) is 15.1. The number of hydrogen-bond donors (Lipinski definition) is 2. The van der Waals surface area contributed by atoms with Crippen molar-refractivity contribution < 1.29 is 14.4 Å². The quantitative estimate of drug-likeness (QED) is 0.844. The van der Waals surface area contributed by atoms with Crippen LogP contribution in [0.5, 0.6) is 0 Å². The average Bonchev–Trinajstić information content (AvgIpc) is 3.00. The van der Waals surface area contributed by atoms with E-state index >= 15 is 0 Å². The standard InChI is InChI=1S/C20H20ClN3O3/c1-12-3-8-17(10-18(12)21)24-11-14(9-19(24)26)20(27)23-16-6-4-15(5-7-16)22-13(2)25/h3-8,10,14H,9,11H2,1-2H3,(H,22,25)(H,23,27)/t14-/m0/s1. The first kappa shape index (κ1) is 18.9. The number of nitrogens with one attached hydrogen (secondary N) is 2. The van der Waals surface area contributed by atoms with E-state index in [2.05, 4.69) is 10.6 Å². The minimum Gasteiger partial charge on any atom is -0.326 e. The number of halogens is 1. The summed E-state index contributed by atoms with van der Waals surface area (Å²) in [5.74, 6) is -0.910. The molecule has 0 bridgehead atoms. The number of carbonyl (C=O) groups excluding carboxylic acids is 3. The lowest BCUT2D eigenvalue weighted by Crippen LogP contribution is -2.28. The second-order valence-corrected chi connectivity index (χ2v) is 6.99. The molecule has 1 saturated heterocycles. The first-order chi connectivity index (χ1) is 12.8. The van der Waals surface area contributed by atoms with Crippen LogP contribution in [-0.4, -0.2) is 24.3 Å². The molecule has 3 rings (SSSR count). The molecule has 1 heterocycles. The molecule has 140 valence electrons. The zero-order chi connectivity index (χ0) is 19.6. The van der Waals surface area contributed by atoms with E-state index in [1.54, 1.807) is 35.2 Å². The van der Waals surface area contributed by atoms with Crippen molar-refractivity contribution in [3.63, 3.8) is 0 Å². The minimum absolute atomic E-state index is 0.101. The lowest BCUT2D eigenvalue weighted by Gasteiger charge is -2.17. The molecule has 6 nitrogen and oxygen atoms in total. The molecule has 0 aromatic heterocycles. The third-order valence-electron chi connectivity index (χ3n) is 4.44. The first-order valence-corrected chi connectivity index (χ1v) is 8.96. The molecular weight excluding hydrogens is 366 g/mol. The summed E-state index contributed by atoms with van der Waals surface area (Å²) in [5.41, 5.74) is 2.90. The van der Waals surface area contributed by atoms with Crippen molar-refractivity contribution in [2.75, 3.05) is 22.1 Å². The van der Waals surface area contributed by atoms with Crippen molar-refractivity contribution in [1.29, 1.82) is 0 Å². The van der Waals surface area contributed by atoms with Crippen molar-refractivity contribution in [3.05, 3.63) is 53.1 Å². The Morgan fingerprint density at radius 1 is 1.07 bits per heavy atom. The molecule has 7 heteroatoms. The van der Waals surface area contributed by atoms with Gasteiger partial charge in [-0.3, -0.25) is 14.4 Å². The van der Waals surface area contributed by atoms with E-state index in [9.17, 15) is 14.4 Å². The van der Waals surface area contributed by atoms with Crippen LogP contribution in [0.4, 0.5) is 17.1 Å². The van der Waals surface area contributed by atoms with Gasteiger partial charge in [-0.25, -0.2) is 0 Å². The summed E-state index contributed by atoms with van der Waals surface area (Å²) in [6.07, 6.45) is 0.154. The monoisotopic (exact) mass is 385 g/mol. The summed E-state index contributed by atoms with van der Waals surface area (Å²) in [6, 6.07) is 12.3. The normalized spacial score (nSPS) is 16.3. The number of amides is 3. The third kappa shape index (κ3) is 4.46. The zero-order valence-corrected chi connectivity index (χ0v) is 15.8. The molecule has 0 aliphatic carbocycles. The maximum atomic E-state index is 12.5. The summed E-state index contributed by atoms with van der Waals surface area (Å²) < 4.78 is 0. The highest BCUT2D eigenvalue weighted by Gasteiger charge is 2.35. The molecule has 27 heavy (non-hydrogen) atoms. The topological polar surface area (TPSA) is 78.5 Å². The molecule has 0 unspecified atom stereocenters. The average molecular weight is 386 g/mol. The maximum Gasteiger partial charge on any atom is 0.229 e. The summed E-state index contributed by atoms with van der Waals surface area (Å²) in [5, 5.41) is 6.08. The van der Waals surface area contributed by atoms with E-state index in [4.69, 9.17) is 11.6 Å². The lowest BCUT2D eigenvalue weighted by molar-refractivity contribution is -0.122. The van der Waals surface area contributed by atoms with Crippen molar-refractivity contribution in [1.82, 2.24) is 0 Å². The van der Waals surface area contributed by atoms with Gasteiger partial charge in [0.05, 0.1) is 5.92 Å². The van der Waals surface area contributed by atoms with Crippen molar-refractivity contribution >= 4 is 46.4 Å². The Balaban J connectivity index is 1.65. The molecule has 1 aliphatic rings. The lowest BCUT2D eigenvalue weighted by atomic mass is 10.1. The highest BCUT2D eigenvalue weighted by atomic mass is 35.5. The van der Waals surface area contributed by atoms with E-state index < -0.39 is 5.92 Å². The fraction of sp³-hybridized carbons (Fsp3) is 0.250. The Kier molecular flexibility index (Phi) is 5.46. The van der Waals surface area contributed by atoms with Gasteiger partial charge >= 0.3 is 0 Å². The smallest absolute Gasteiger partial charge is 0.229 e. The molecule has 0 radical (unpaired) electrons. The number of aryl methyl sites for hydroxylation is 1. The van der Waals surface area contributed by atoms with E-state index in [1.165, 1.54) is 6.92 Å².